The summed E-state index contributed by atoms with van der Waals surface area (Å²) in [6.07, 6.45) is -3.57. The molecule has 1 saturated heterocycles. The third kappa shape index (κ3) is 4.46. The first kappa shape index (κ1) is 24.6. The highest BCUT2D eigenvalue weighted by Gasteiger charge is 2.42. The molecule has 5 rings (SSSR count). The van der Waals surface area contributed by atoms with Gasteiger partial charge in [0, 0.05) is 38.1 Å². The van der Waals surface area contributed by atoms with E-state index < -0.39 is 53.4 Å². The van der Waals surface area contributed by atoms with E-state index in [2.05, 4.69) is 25.1 Å². The lowest BCUT2D eigenvalue weighted by Gasteiger charge is -2.35. The van der Waals surface area contributed by atoms with Gasteiger partial charge >= 0.3 is 18.1 Å². The van der Waals surface area contributed by atoms with E-state index in [1.54, 1.807) is 11.6 Å². The molecule has 16 heteroatoms. The second-order valence-corrected chi connectivity index (χ2v) is 8.68. The normalized spacial score (nSPS) is 19.9. The van der Waals surface area contributed by atoms with Gasteiger partial charge in [0.25, 0.3) is 0 Å². The number of fused-ring (bicyclic) bond motifs is 1. The van der Waals surface area contributed by atoms with Crippen LogP contribution in [0.25, 0.3) is 0 Å². The van der Waals surface area contributed by atoms with Crippen LogP contribution in [0.5, 0.6) is 0 Å². The SMILES string of the molecule is C[C@H]1Cn2ncc(N3CC(c4noc(C(F)(F)F)n4)CC3=O)c2CN1C(=O)Nc1cc(F)c(F)c(F)c1.[HH]. The number of amides is 3. The molecule has 3 amide bonds. The lowest BCUT2D eigenvalue weighted by Crippen LogP contribution is -2.47. The van der Waals surface area contributed by atoms with Crippen LogP contribution < -0.4 is 10.2 Å². The van der Waals surface area contributed by atoms with Gasteiger partial charge in [0.1, 0.15) is 0 Å². The molecule has 3 aromatic rings. The molecule has 2 aliphatic heterocycles. The van der Waals surface area contributed by atoms with E-state index in [4.69, 9.17) is 0 Å². The Kier molecular flexibility index (Phi) is 5.83. The van der Waals surface area contributed by atoms with Crippen LogP contribution in [0.1, 0.15) is 38.1 Å². The standard InChI is InChI=1S/C21H17F6N7O3.H2/c1-9-6-34-15(8-32(9)20(36)29-11-3-12(22)17(24)13(23)4-11)14(5-28-34)33-7-10(2-16(33)35)18-30-19(37-31-18)21(25,26)27;/h3-5,9-10H,2,6-8H2,1H3,(H,29,36);1H/t9-,10?;/m0./s1. The van der Waals surface area contributed by atoms with Gasteiger partial charge in [-0.1, -0.05) is 5.16 Å². The molecular formula is C21H19F6N7O3. The van der Waals surface area contributed by atoms with Crippen LogP contribution >= 0.6 is 0 Å². The molecule has 0 aliphatic carbocycles. The minimum absolute atomic E-state index is 0. The molecule has 1 aromatic carbocycles. The van der Waals surface area contributed by atoms with E-state index in [1.165, 1.54) is 16.0 Å². The Morgan fingerprint density at radius 2 is 1.89 bits per heavy atom. The fourth-order valence-electron chi connectivity index (χ4n) is 4.34. The molecule has 0 saturated carbocycles. The molecule has 1 N–H and O–H groups in total. The van der Waals surface area contributed by atoms with Crippen molar-refractivity contribution in [1.82, 2.24) is 24.8 Å². The molecule has 0 bridgehead atoms. The van der Waals surface area contributed by atoms with Crippen molar-refractivity contribution in [1.29, 1.82) is 0 Å². The number of aromatic nitrogens is 4. The summed E-state index contributed by atoms with van der Waals surface area (Å²) in [6, 6.07) is 0.142. The highest BCUT2D eigenvalue weighted by atomic mass is 19.4. The highest BCUT2D eigenvalue weighted by Crippen LogP contribution is 2.36. The fourth-order valence-corrected chi connectivity index (χ4v) is 4.34. The smallest absolute Gasteiger partial charge is 0.329 e. The van der Waals surface area contributed by atoms with Crippen LogP contribution in [0, 0.1) is 17.5 Å². The molecule has 10 nitrogen and oxygen atoms in total. The van der Waals surface area contributed by atoms with Crippen LogP contribution in [0.15, 0.2) is 22.9 Å². The topological polar surface area (TPSA) is 109 Å². The minimum Gasteiger partial charge on any atom is -0.329 e. The number of carbonyl (C=O) groups is 2. The van der Waals surface area contributed by atoms with Gasteiger partial charge in [-0.3, -0.25) is 9.48 Å². The molecule has 2 aliphatic rings. The summed E-state index contributed by atoms with van der Waals surface area (Å²) in [5.41, 5.74) is 0.516. The van der Waals surface area contributed by atoms with Crippen molar-refractivity contribution >= 4 is 23.3 Å². The Hall–Kier alpha value is -4.11. The monoisotopic (exact) mass is 531 g/mol. The minimum atomic E-state index is -4.81. The van der Waals surface area contributed by atoms with Gasteiger partial charge < -0.3 is 19.6 Å². The van der Waals surface area contributed by atoms with Crippen molar-refractivity contribution in [3.63, 3.8) is 0 Å². The fraction of sp³-hybridized carbons (Fsp3) is 0.381. The van der Waals surface area contributed by atoms with Gasteiger partial charge in [0.15, 0.2) is 23.3 Å². The Labute approximate surface area is 205 Å². The zero-order valence-electron chi connectivity index (χ0n) is 18.9. The van der Waals surface area contributed by atoms with Crippen LogP contribution in [0.2, 0.25) is 0 Å². The molecule has 1 unspecified atom stereocenters. The van der Waals surface area contributed by atoms with Gasteiger partial charge in [-0.25, -0.2) is 18.0 Å². The number of benzene rings is 1. The molecule has 0 spiro atoms. The predicted octanol–water partition coefficient (Wildman–Crippen LogP) is 3.90. The average Bonchev–Trinajstić information content (AvgIpc) is 3.54. The summed E-state index contributed by atoms with van der Waals surface area (Å²) in [7, 11) is 0. The first-order chi connectivity index (χ1) is 17.4. The van der Waals surface area contributed by atoms with Crippen LogP contribution in [-0.4, -0.2) is 49.3 Å². The maximum absolute atomic E-state index is 13.5. The Bertz CT molecular complexity index is 1370. The van der Waals surface area contributed by atoms with E-state index in [-0.39, 0.29) is 39.0 Å². The largest absolute Gasteiger partial charge is 0.471 e. The number of alkyl halides is 3. The zero-order valence-corrected chi connectivity index (χ0v) is 18.9. The molecular weight excluding hydrogens is 512 g/mol. The molecule has 0 radical (unpaired) electrons. The van der Waals surface area contributed by atoms with Crippen molar-refractivity contribution in [2.24, 2.45) is 0 Å². The quantitative estimate of drug-likeness (QED) is 0.406. The number of anilines is 2. The summed E-state index contributed by atoms with van der Waals surface area (Å²) >= 11 is 0. The van der Waals surface area contributed by atoms with Crippen molar-refractivity contribution in [3.8, 4) is 0 Å². The summed E-state index contributed by atoms with van der Waals surface area (Å²) in [5.74, 6) is -7.52. The average molecular weight is 531 g/mol. The zero-order chi connectivity index (χ0) is 26.6. The van der Waals surface area contributed by atoms with Gasteiger partial charge in [0.2, 0.25) is 5.91 Å². The van der Waals surface area contributed by atoms with Crippen molar-refractivity contribution in [2.75, 3.05) is 16.8 Å². The third-order valence-corrected chi connectivity index (χ3v) is 6.18. The second kappa shape index (κ2) is 8.77. The molecule has 37 heavy (non-hydrogen) atoms. The number of urea groups is 1. The van der Waals surface area contributed by atoms with E-state index >= 15 is 0 Å². The van der Waals surface area contributed by atoms with E-state index in [9.17, 15) is 35.9 Å². The molecule has 4 heterocycles. The van der Waals surface area contributed by atoms with Crippen LogP contribution in [0.4, 0.5) is 42.5 Å². The van der Waals surface area contributed by atoms with Gasteiger partial charge in [-0.2, -0.15) is 23.3 Å². The molecule has 1 fully saturated rings. The van der Waals surface area contributed by atoms with Crippen molar-refractivity contribution < 1.29 is 41.9 Å². The molecule has 198 valence electrons. The van der Waals surface area contributed by atoms with E-state index in [0.29, 0.717) is 23.5 Å². The number of halogens is 6. The number of nitrogens with zero attached hydrogens (tertiary/aromatic N) is 6. The third-order valence-electron chi connectivity index (χ3n) is 6.18. The van der Waals surface area contributed by atoms with Gasteiger partial charge in [0.05, 0.1) is 36.7 Å². The first-order valence-corrected chi connectivity index (χ1v) is 10.9. The van der Waals surface area contributed by atoms with Gasteiger partial charge in [-0.15, -0.1) is 0 Å². The second-order valence-electron chi connectivity index (χ2n) is 8.68. The van der Waals surface area contributed by atoms with Crippen molar-refractivity contribution in [2.45, 2.75) is 44.6 Å². The summed E-state index contributed by atoms with van der Waals surface area (Å²) in [6.45, 7) is 1.84. The first-order valence-electron chi connectivity index (χ1n) is 10.9. The maximum Gasteiger partial charge on any atom is 0.471 e. The number of hydrogen-bond acceptors (Lipinski definition) is 6. The van der Waals surface area contributed by atoms with E-state index in [1.807, 2.05) is 0 Å². The predicted molar refractivity (Wildman–Crippen MR) is 114 cm³/mol. The maximum atomic E-state index is 13.5. The Morgan fingerprint density at radius 1 is 1.19 bits per heavy atom. The summed E-state index contributed by atoms with van der Waals surface area (Å²) in [5, 5.41) is 9.94. The molecule has 2 atom stereocenters. The van der Waals surface area contributed by atoms with Crippen LogP contribution in [-0.2, 0) is 24.1 Å². The number of hydrogen-bond donors (Lipinski definition) is 1. The lowest BCUT2D eigenvalue weighted by molar-refractivity contribution is -0.159. The van der Waals surface area contributed by atoms with Gasteiger partial charge in [-0.05, 0) is 6.92 Å². The lowest BCUT2D eigenvalue weighted by atomic mass is 10.1. The summed E-state index contributed by atoms with van der Waals surface area (Å²) in [4.78, 5) is 31.7. The number of nitrogens with one attached hydrogen (secondary N) is 1. The Balaban J connectivity index is 0.00000336. The van der Waals surface area contributed by atoms with E-state index in [0.717, 1.165) is 0 Å². The number of rotatable bonds is 3. The summed E-state index contributed by atoms with van der Waals surface area (Å²) < 4.78 is 84.6. The number of carbonyl (C=O) groups excluding carboxylic acids is 2. The van der Waals surface area contributed by atoms with Crippen molar-refractivity contribution in [3.05, 3.63) is 53.2 Å². The van der Waals surface area contributed by atoms with Crippen LogP contribution in [0.3, 0.4) is 0 Å². The molecule has 2 aromatic heterocycles. The highest BCUT2D eigenvalue weighted by molar-refractivity contribution is 5.97. The Morgan fingerprint density at radius 3 is 2.54 bits per heavy atom.